The van der Waals surface area contributed by atoms with E-state index in [9.17, 15) is 9.90 Å². The summed E-state index contributed by atoms with van der Waals surface area (Å²) in [6.07, 6.45) is 7.30. The van der Waals surface area contributed by atoms with Gasteiger partial charge in [0.15, 0.2) is 0 Å². The van der Waals surface area contributed by atoms with Crippen molar-refractivity contribution in [1.82, 2.24) is 19.4 Å². The first-order chi connectivity index (χ1) is 13.0. The van der Waals surface area contributed by atoms with E-state index in [1.807, 2.05) is 29.4 Å². The summed E-state index contributed by atoms with van der Waals surface area (Å²) in [5.41, 5.74) is 0.690. The summed E-state index contributed by atoms with van der Waals surface area (Å²) in [7, 11) is 4.17. The number of rotatable bonds is 7. The van der Waals surface area contributed by atoms with Crippen LogP contribution in [0.2, 0.25) is 0 Å². The van der Waals surface area contributed by atoms with Crippen LogP contribution >= 0.6 is 0 Å². The molecule has 1 saturated heterocycles. The highest BCUT2D eigenvalue weighted by atomic mass is 16.3. The maximum Gasteiger partial charge on any atom is 0.227 e. The van der Waals surface area contributed by atoms with Crippen LogP contribution in [0.4, 0.5) is 0 Å². The lowest BCUT2D eigenvalue weighted by Gasteiger charge is -2.33. The van der Waals surface area contributed by atoms with E-state index in [2.05, 4.69) is 28.5 Å². The molecule has 0 bridgehead atoms. The number of aryl methyl sites for hydroxylation is 1. The highest BCUT2D eigenvalue weighted by Crippen LogP contribution is 2.27. The van der Waals surface area contributed by atoms with Gasteiger partial charge in [-0.05, 0) is 46.0 Å². The second-order valence-corrected chi connectivity index (χ2v) is 7.62. The van der Waals surface area contributed by atoms with Crippen molar-refractivity contribution in [3.63, 3.8) is 0 Å². The molecule has 1 aliphatic heterocycles. The van der Waals surface area contributed by atoms with E-state index < -0.39 is 0 Å². The number of piperidine rings is 1. The minimum Gasteiger partial charge on any atom is -0.508 e. The van der Waals surface area contributed by atoms with E-state index in [0.29, 0.717) is 12.1 Å². The first-order valence-electron chi connectivity index (χ1n) is 9.75. The van der Waals surface area contributed by atoms with Gasteiger partial charge >= 0.3 is 0 Å². The number of phenols is 1. The van der Waals surface area contributed by atoms with Gasteiger partial charge in [-0.1, -0.05) is 18.2 Å². The molecule has 0 saturated carbocycles. The summed E-state index contributed by atoms with van der Waals surface area (Å²) in [6.45, 7) is 3.49. The molecule has 1 aromatic heterocycles. The van der Waals surface area contributed by atoms with Crippen molar-refractivity contribution in [2.24, 2.45) is 0 Å². The van der Waals surface area contributed by atoms with Crippen molar-refractivity contribution in [2.75, 3.05) is 33.7 Å². The molecule has 0 aliphatic carbocycles. The first kappa shape index (κ1) is 19.4. The van der Waals surface area contributed by atoms with Gasteiger partial charge in [0.1, 0.15) is 11.6 Å². The van der Waals surface area contributed by atoms with E-state index in [1.54, 1.807) is 12.1 Å². The number of aromatic nitrogens is 2. The summed E-state index contributed by atoms with van der Waals surface area (Å²) in [6, 6.07) is 7.07. The molecule has 6 heteroatoms. The van der Waals surface area contributed by atoms with Gasteiger partial charge in [0, 0.05) is 43.5 Å². The second-order valence-electron chi connectivity index (χ2n) is 7.62. The maximum absolute atomic E-state index is 12.7. The van der Waals surface area contributed by atoms with Gasteiger partial charge in [0.05, 0.1) is 6.42 Å². The Labute approximate surface area is 161 Å². The molecule has 1 atom stereocenters. The average Bonchev–Trinajstić information content (AvgIpc) is 3.12. The number of hydrogen-bond acceptors (Lipinski definition) is 4. The zero-order valence-corrected chi connectivity index (χ0v) is 16.3. The van der Waals surface area contributed by atoms with Crippen LogP contribution in [0.15, 0.2) is 36.7 Å². The van der Waals surface area contributed by atoms with Gasteiger partial charge < -0.3 is 19.5 Å². The van der Waals surface area contributed by atoms with Crippen LogP contribution < -0.4 is 0 Å². The largest absolute Gasteiger partial charge is 0.508 e. The topological polar surface area (TPSA) is 61.6 Å². The Balaban J connectivity index is 1.62. The number of phenolic OH excluding ortho intramolecular Hbond substituents is 1. The lowest BCUT2D eigenvalue weighted by molar-refractivity contribution is -0.131. The minimum atomic E-state index is 0.0758. The Hall–Kier alpha value is -2.34. The third-order valence-electron chi connectivity index (χ3n) is 5.22. The van der Waals surface area contributed by atoms with E-state index >= 15 is 0 Å². The van der Waals surface area contributed by atoms with Crippen LogP contribution in [0, 0.1) is 0 Å². The highest BCUT2D eigenvalue weighted by Gasteiger charge is 2.27. The number of carbonyl (C=O) groups is 1. The number of benzene rings is 1. The number of para-hydroxylation sites is 1. The fraction of sp³-hybridized carbons (Fsp3) is 0.524. The molecule has 1 aromatic carbocycles. The summed E-state index contributed by atoms with van der Waals surface area (Å²) in [5.74, 6) is 1.64. The molecule has 2 heterocycles. The van der Waals surface area contributed by atoms with Crippen molar-refractivity contribution in [1.29, 1.82) is 0 Å². The number of nitrogens with zero attached hydrogens (tertiary/aromatic N) is 4. The van der Waals surface area contributed by atoms with Crippen LogP contribution in [0.25, 0.3) is 0 Å². The molecule has 146 valence electrons. The summed E-state index contributed by atoms with van der Waals surface area (Å²) >= 11 is 0. The van der Waals surface area contributed by atoms with Gasteiger partial charge in [0.25, 0.3) is 0 Å². The van der Waals surface area contributed by atoms with E-state index in [-0.39, 0.29) is 24.0 Å². The van der Waals surface area contributed by atoms with Gasteiger partial charge in [-0.25, -0.2) is 4.98 Å². The van der Waals surface area contributed by atoms with Crippen molar-refractivity contribution in [2.45, 2.75) is 38.1 Å². The van der Waals surface area contributed by atoms with Gasteiger partial charge in [-0.2, -0.15) is 0 Å². The average molecular weight is 370 g/mol. The fourth-order valence-corrected chi connectivity index (χ4v) is 3.78. The fourth-order valence-electron chi connectivity index (χ4n) is 3.78. The van der Waals surface area contributed by atoms with E-state index in [0.717, 1.165) is 44.7 Å². The normalized spacial score (nSPS) is 17.4. The predicted octanol–water partition coefficient (Wildman–Crippen LogP) is 2.49. The third-order valence-corrected chi connectivity index (χ3v) is 5.22. The Morgan fingerprint density at radius 3 is 2.93 bits per heavy atom. The van der Waals surface area contributed by atoms with Crippen LogP contribution in [-0.2, 0) is 17.8 Å². The molecule has 1 fully saturated rings. The molecule has 0 spiro atoms. The van der Waals surface area contributed by atoms with Crippen molar-refractivity contribution >= 4 is 5.91 Å². The summed E-state index contributed by atoms with van der Waals surface area (Å²) < 4.78 is 2.24. The Morgan fingerprint density at radius 1 is 1.33 bits per heavy atom. The third kappa shape index (κ3) is 5.10. The summed E-state index contributed by atoms with van der Waals surface area (Å²) in [5, 5.41) is 9.93. The minimum absolute atomic E-state index is 0.0758. The van der Waals surface area contributed by atoms with Crippen LogP contribution in [0.1, 0.15) is 36.6 Å². The Kier molecular flexibility index (Phi) is 6.50. The van der Waals surface area contributed by atoms with Crippen molar-refractivity contribution in [3.05, 3.63) is 48.0 Å². The zero-order chi connectivity index (χ0) is 19.2. The molecule has 27 heavy (non-hydrogen) atoms. The monoisotopic (exact) mass is 370 g/mol. The quantitative estimate of drug-likeness (QED) is 0.813. The molecule has 2 aromatic rings. The highest BCUT2D eigenvalue weighted by molar-refractivity contribution is 5.79. The Morgan fingerprint density at radius 2 is 2.15 bits per heavy atom. The van der Waals surface area contributed by atoms with Crippen LogP contribution in [-0.4, -0.2) is 64.1 Å². The van der Waals surface area contributed by atoms with Crippen LogP contribution in [0.5, 0.6) is 5.75 Å². The number of aromatic hydroxyl groups is 1. The zero-order valence-electron chi connectivity index (χ0n) is 16.3. The molecule has 3 rings (SSSR count). The molecule has 0 radical (unpaired) electrons. The SMILES string of the molecule is CN(C)CCCn1ccnc1[C@H]1CCCN(C(=O)Cc2ccccc2O)C1. The van der Waals surface area contributed by atoms with Gasteiger partial charge in [-0.3, -0.25) is 4.79 Å². The molecule has 0 unspecified atom stereocenters. The van der Waals surface area contributed by atoms with Crippen molar-refractivity contribution < 1.29 is 9.90 Å². The first-order valence-corrected chi connectivity index (χ1v) is 9.75. The lowest BCUT2D eigenvalue weighted by atomic mass is 9.96. The van der Waals surface area contributed by atoms with Crippen molar-refractivity contribution in [3.8, 4) is 5.75 Å². The van der Waals surface area contributed by atoms with Crippen LogP contribution in [0.3, 0.4) is 0 Å². The van der Waals surface area contributed by atoms with E-state index in [4.69, 9.17) is 0 Å². The standard InChI is InChI=1S/C21H30N4O2/c1-23(2)11-6-13-24-14-10-22-21(24)18-8-5-12-25(16-18)20(27)15-17-7-3-4-9-19(17)26/h3-4,7,9-10,14,18,26H,5-6,8,11-13,15-16H2,1-2H3/t18-/m0/s1. The number of likely N-dealkylation sites (tertiary alicyclic amines) is 1. The number of amides is 1. The second kappa shape index (κ2) is 9.04. The lowest BCUT2D eigenvalue weighted by Crippen LogP contribution is -2.40. The molecule has 1 amide bonds. The molecule has 1 aliphatic rings. The smallest absolute Gasteiger partial charge is 0.227 e. The predicted molar refractivity (Wildman–Crippen MR) is 106 cm³/mol. The number of imidazole rings is 1. The molecule has 6 nitrogen and oxygen atoms in total. The summed E-state index contributed by atoms with van der Waals surface area (Å²) in [4.78, 5) is 21.5. The Bertz CT molecular complexity index is 756. The van der Waals surface area contributed by atoms with Gasteiger partial charge in [0.2, 0.25) is 5.91 Å². The molecular weight excluding hydrogens is 340 g/mol. The molecular formula is C21H30N4O2. The van der Waals surface area contributed by atoms with E-state index in [1.165, 1.54) is 0 Å². The maximum atomic E-state index is 12.7. The molecule has 1 N–H and O–H groups in total. The number of hydrogen-bond donors (Lipinski definition) is 1. The van der Waals surface area contributed by atoms with Gasteiger partial charge in [-0.15, -0.1) is 0 Å². The number of carbonyl (C=O) groups excluding carboxylic acids is 1.